The molecule has 110 valence electrons. The number of benzene rings is 1. The summed E-state index contributed by atoms with van der Waals surface area (Å²) in [6.45, 7) is 4.32. The van der Waals surface area contributed by atoms with Crippen molar-refractivity contribution in [1.82, 2.24) is 0 Å². The molecular formula is C14H18ClFN2O2. The summed E-state index contributed by atoms with van der Waals surface area (Å²) in [5.74, 6) is 0.425. The van der Waals surface area contributed by atoms with Gasteiger partial charge < -0.3 is 5.32 Å². The predicted octanol–water partition coefficient (Wildman–Crippen LogP) is 4.62. The number of anilines is 1. The first-order valence-electron chi connectivity index (χ1n) is 6.78. The van der Waals surface area contributed by atoms with E-state index in [0.717, 1.165) is 31.4 Å². The number of hydrogen-bond donors (Lipinski definition) is 1. The minimum atomic E-state index is -0.642. The molecule has 0 heterocycles. The molecule has 1 aromatic rings. The average molecular weight is 301 g/mol. The van der Waals surface area contributed by atoms with Crippen LogP contribution in [0.5, 0.6) is 0 Å². The standard InChI is InChI=1S/C14H18ClFN2O2/c1-8-3-4-12(9(2)5-8)17-13-7-11(16)10(15)6-14(13)18(19)20/h6-9,12,17H,3-5H2,1-2H3. The lowest BCUT2D eigenvalue weighted by atomic mass is 9.80. The van der Waals surface area contributed by atoms with Crippen LogP contribution in [-0.4, -0.2) is 11.0 Å². The fraction of sp³-hybridized carbons (Fsp3) is 0.571. The van der Waals surface area contributed by atoms with Gasteiger partial charge >= 0.3 is 0 Å². The maximum atomic E-state index is 13.5. The number of nitrogens with one attached hydrogen (secondary N) is 1. The van der Waals surface area contributed by atoms with Gasteiger partial charge in [-0.05, 0) is 31.1 Å². The Bertz CT molecular complexity index is 524. The molecule has 0 amide bonds. The highest BCUT2D eigenvalue weighted by molar-refractivity contribution is 6.31. The number of hydrogen-bond acceptors (Lipinski definition) is 3. The molecule has 0 bridgehead atoms. The Balaban J connectivity index is 2.24. The Hall–Kier alpha value is -1.36. The van der Waals surface area contributed by atoms with Crippen LogP contribution in [0.25, 0.3) is 0 Å². The summed E-state index contributed by atoms with van der Waals surface area (Å²) < 4.78 is 13.5. The molecule has 1 fully saturated rings. The van der Waals surface area contributed by atoms with Crippen molar-refractivity contribution < 1.29 is 9.31 Å². The molecule has 0 aromatic heterocycles. The smallest absolute Gasteiger partial charge is 0.294 e. The maximum Gasteiger partial charge on any atom is 0.294 e. The van der Waals surface area contributed by atoms with Crippen LogP contribution in [0, 0.1) is 27.8 Å². The summed E-state index contributed by atoms with van der Waals surface area (Å²) >= 11 is 5.61. The summed E-state index contributed by atoms with van der Waals surface area (Å²) in [6.07, 6.45) is 3.08. The van der Waals surface area contributed by atoms with Crippen molar-refractivity contribution in [1.29, 1.82) is 0 Å². The number of nitro groups is 1. The van der Waals surface area contributed by atoms with E-state index >= 15 is 0 Å². The van der Waals surface area contributed by atoms with Gasteiger partial charge in [-0.25, -0.2) is 4.39 Å². The van der Waals surface area contributed by atoms with Crippen molar-refractivity contribution >= 4 is 23.0 Å². The quantitative estimate of drug-likeness (QED) is 0.654. The molecule has 0 spiro atoms. The minimum absolute atomic E-state index is 0.130. The molecule has 1 aliphatic carbocycles. The Morgan fingerprint density at radius 2 is 2.10 bits per heavy atom. The van der Waals surface area contributed by atoms with Gasteiger partial charge in [0.2, 0.25) is 0 Å². The zero-order valence-electron chi connectivity index (χ0n) is 11.5. The van der Waals surface area contributed by atoms with E-state index in [4.69, 9.17) is 11.6 Å². The lowest BCUT2D eigenvalue weighted by molar-refractivity contribution is -0.384. The van der Waals surface area contributed by atoms with Crippen LogP contribution in [0.3, 0.4) is 0 Å². The van der Waals surface area contributed by atoms with Crippen molar-refractivity contribution in [3.63, 3.8) is 0 Å². The maximum absolute atomic E-state index is 13.5. The van der Waals surface area contributed by atoms with Crippen LogP contribution in [0.4, 0.5) is 15.8 Å². The van der Waals surface area contributed by atoms with Gasteiger partial charge in [0.05, 0.1) is 9.95 Å². The monoisotopic (exact) mass is 300 g/mol. The number of halogens is 2. The number of rotatable bonds is 3. The molecule has 0 radical (unpaired) electrons. The van der Waals surface area contributed by atoms with Gasteiger partial charge in [0.1, 0.15) is 11.5 Å². The molecule has 20 heavy (non-hydrogen) atoms. The van der Waals surface area contributed by atoms with Gasteiger partial charge in [-0.2, -0.15) is 0 Å². The molecule has 4 nitrogen and oxygen atoms in total. The van der Waals surface area contributed by atoms with Gasteiger partial charge in [-0.1, -0.05) is 25.4 Å². The summed E-state index contributed by atoms with van der Waals surface area (Å²) in [4.78, 5) is 10.5. The molecule has 0 saturated heterocycles. The first-order valence-corrected chi connectivity index (χ1v) is 7.16. The second-order valence-corrected chi connectivity index (χ2v) is 6.09. The zero-order valence-corrected chi connectivity index (χ0v) is 12.3. The lowest BCUT2D eigenvalue weighted by Crippen LogP contribution is -2.33. The van der Waals surface area contributed by atoms with Crippen molar-refractivity contribution in [3.8, 4) is 0 Å². The van der Waals surface area contributed by atoms with E-state index in [-0.39, 0.29) is 22.4 Å². The minimum Gasteiger partial charge on any atom is -0.376 e. The van der Waals surface area contributed by atoms with Crippen LogP contribution < -0.4 is 5.32 Å². The van der Waals surface area contributed by atoms with Crippen molar-refractivity contribution in [2.75, 3.05) is 5.32 Å². The van der Waals surface area contributed by atoms with Crippen molar-refractivity contribution in [2.45, 2.75) is 39.2 Å². The van der Waals surface area contributed by atoms with E-state index in [1.54, 1.807) is 0 Å². The van der Waals surface area contributed by atoms with E-state index in [9.17, 15) is 14.5 Å². The third-order valence-electron chi connectivity index (χ3n) is 4.01. The Kier molecular flexibility index (Phi) is 4.48. The molecule has 1 aromatic carbocycles. The second-order valence-electron chi connectivity index (χ2n) is 5.69. The van der Waals surface area contributed by atoms with Crippen molar-refractivity contribution in [3.05, 3.63) is 33.1 Å². The largest absolute Gasteiger partial charge is 0.376 e. The van der Waals surface area contributed by atoms with Gasteiger partial charge in [0, 0.05) is 18.2 Å². The first-order chi connectivity index (χ1) is 9.38. The van der Waals surface area contributed by atoms with Gasteiger partial charge in [0.15, 0.2) is 0 Å². The molecule has 0 aliphatic heterocycles. The second kappa shape index (κ2) is 5.95. The van der Waals surface area contributed by atoms with E-state index in [1.165, 1.54) is 0 Å². The van der Waals surface area contributed by atoms with E-state index in [2.05, 4.69) is 19.2 Å². The normalized spacial score (nSPS) is 26.3. The average Bonchev–Trinajstić information content (AvgIpc) is 2.36. The van der Waals surface area contributed by atoms with Gasteiger partial charge in [0.25, 0.3) is 5.69 Å². The van der Waals surface area contributed by atoms with Gasteiger partial charge in [-0.15, -0.1) is 0 Å². The fourth-order valence-corrected chi connectivity index (χ4v) is 3.04. The van der Waals surface area contributed by atoms with Gasteiger partial charge in [-0.3, -0.25) is 10.1 Å². The Morgan fingerprint density at radius 3 is 2.70 bits per heavy atom. The Morgan fingerprint density at radius 1 is 1.40 bits per heavy atom. The highest BCUT2D eigenvalue weighted by Gasteiger charge is 2.27. The summed E-state index contributed by atoms with van der Waals surface area (Å²) in [5, 5.41) is 13.9. The molecule has 2 rings (SSSR count). The van der Waals surface area contributed by atoms with Crippen molar-refractivity contribution in [2.24, 2.45) is 11.8 Å². The molecule has 1 saturated carbocycles. The summed E-state index contributed by atoms with van der Waals surface area (Å²) in [5.41, 5.74) is 0.0329. The number of nitrogens with zero attached hydrogens (tertiary/aromatic N) is 1. The van der Waals surface area contributed by atoms with E-state index in [0.29, 0.717) is 11.8 Å². The van der Waals surface area contributed by atoms with Crippen LogP contribution in [0.2, 0.25) is 5.02 Å². The van der Waals surface area contributed by atoms with Crippen LogP contribution >= 0.6 is 11.6 Å². The lowest BCUT2D eigenvalue weighted by Gasteiger charge is -2.33. The highest BCUT2D eigenvalue weighted by atomic mass is 35.5. The molecule has 1 aliphatic rings. The summed E-state index contributed by atoms with van der Waals surface area (Å²) in [6, 6.07) is 2.31. The Labute approximate surface area is 122 Å². The molecule has 3 unspecified atom stereocenters. The number of nitro benzene ring substituents is 1. The first kappa shape index (κ1) is 15.0. The van der Waals surface area contributed by atoms with Crippen LogP contribution in [-0.2, 0) is 0 Å². The third-order valence-corrected chi connectivity index (χ3v) is 4.30. The molecule has 6 heteroatoms. The SMILES string of the molecule is CC1CCC(Nc2cc(F)c(Cl)cc2[N+](=O)[O-])C(C)C1. The summed E-state index contributed by atoms with van der Waals surface area (Å²) in [7, 11) is 0. The van der Waals surface area contributed by atoms with E-state index in [1.807, 2.05) is 0 Å². The molecular weight excluding hydrogens is 283 g/mol. The molecule has 1 N–H and O–H groups in total. The van der Waals surface area contributed by atoms with Crippen LogP contribution in [0.1, 0.15) is 33.1 Å². The van der Waals surface area contributed by atoms with Crippen LogP contribution in [0.15, 0.2) is 12.1 Å². The fourth-order valence-electron chi connectivity index (χ4n) is 2.88. The topological polar surface area (TPSA) is 55.2 Å². The zero-order chi connectivity index (χ0) is 14.9. The van der Waals surface area contributed by atoms with E-state index < -0.39 is 10.7 Å². The molecule has 3 atom stereocenters. The third kappa shape index (κ3) is 3.20. The highest BCUT2D eigenvalue weighted by Crippen LogP contribution is 2.35. The predicted molar refractivity (Wildman–Crippen MR) is 77.7 cm³/mol.